The molecule has 4 aliphatic rings. The van der Waals surface area contributed by atoms with Crippen molar-refractivity contribution in [2.45, 2.75) is 90.1 Å². The Morgan fingerprint density at radius 2 is 1.93 bits per heavy atom. The fourth-order valence-corrected chi connectivity index (χ4v) is 7.52. The molecule has 3 aliphatic carbocycles. The van der Waals surface area contributed by atoms with E-state index >= 15 is 0 Å². The van der Waals surface area contributed by atoms with Crippen molar-refractivity contribution in [3.63, 3.8) is 0 Å². The van der Waals surface area contributed by atoms with Gasteiger partial charge in [-0.3, -0.25) is 9.51 Å². The van der Waals surface area contributed by atoms with Crippen LogP contribution in [0.25, 0.3) is 22.8 Å². The van der Waals surface area contributed by atoms with Crippen LogP contribution in [0.3, 0.4) is 0 Å². The lowest BCUT2D eigenvalue weighted by Crippen LogP contribution is -2.46. The molecule has 10 nitrogen and oxygen atoms in total. The van der Waals surface area contributed by atoms with Crippen molar-refractivity contribution in [2.24, 2.45) is 17.8 Å². The van der Waals surface area contributed by atoms with Crippen LogP contribution in [0.5, 0.6) is 0 Å². The maximum atomic E-state index is 11.9. The maximum Gasteiger partial charge on any atom is 0.439 e. The van der Waals surface area contributed by atoms with Gasteiger partial charge in [-0.05, 0) is 55.4 Å². The number of hydrogen-bond acceptors (Lipinski definition) is 8. The molecular formula is C33H43N7O3. The van der Waals surface area contributed by atoms with E-state index in [1.165, 1.54) is 44.1 Å². The van der Waals surface area contributed by atoms with Gasteiger partial charge in [0.05, 0.1) is 24.9 Å². The van der Waals surface area contributed by atoms with Gasteiger partial charge in [0.25, 0.3) is 0 Å². The summed E-state index contributed by atoms with van der Waals surface area (Å²) in [6, 6.07) is 0.0688. The van der Waals surface area contributed by atoms with E-state index in [0.29, 0.717) is 42.4 Å². The first-order valence-electron chi connectivity index (χ1n) is 16.2. The first-order valence-corrected chi connectivity index (χ1v) is 16.2. The average Bonchev–Trinajstić information content (AvgIpc) is 3.62. The molecule has 0 spiro atoms. The number of hydrogen-bond donors (Lipinski definition) is 1. The highest BCUT2D eigenvalue weighted by Gasteiger charge is 2.33. The van der Waals surface area contributed by atoms with Crippen LogP contribution in [0, 0.1) is 17.8 Å². The van der Waals surface area contributed by atoms with Crippen LogP contribution >= 0.6 is 0 Å². The summed E-state index contributed by atoms with van der Waals surface area (Å²) >= 11 is 0. The molecule has 0 radical (unpaired) electrons. The van der Waals surface area contributed by atoms with Crippen molar-refractivity contribution >= 4 is 17.1 Å². The van der Waals surface area contributed by atoms with E-state index in [1.807, 2.05) is 0 Å². The summed E-state index contributed by atoms with van der Waals surface area (Å²) in [4.78, 5) is 32.3. The van der Waals surface area contributed by atoms with Gasteiger partial charge in [-0.15, -0.1) is 0 Å². The van der Waals surface area contributed by atoms with Crippen molar-refractivity contribution in [2.75, 3.05) is 24.7 Å². The third-order valence-corrected chi connectivity index (χ3v) is 9.90. The smallest absolute Gasteiger partial charge is 0.377 e. The predicted molar refractivity (Wildman–Crippen MR) is 166 cm³/mol. The third kappa shape index (κ3) is 5.98. The number of imidazole rings is 1. The fourth-order valence-electron chi connectivity index (χ4n) is 7.52. The molecule has 0 aromatic carbocycles. The normalized spacial score (nSPS) is 29.1. The highest BCUT2D eigenvalue weighted by Crippen LogP contribution is 2.41. The van der Waals surface area contributed by atoms with Crippen LogP contribution in [-0.4, -0.2) is 55.5 Å². The Balaban J connectivity index is 1.39. The van der Waals surface area contributed by atoms with Crippen molar-refractivity contribution in [3.05, 3.63) is 52.2 Å². The molecule has 3 fully saturated rings. The van der Waals surface area contributed by atoms with Gasteiger partial charge >= 0.3 is 5.76 Å². The first kappa shape index (κ1) is 28.3. The number of H-pyrrole nitrogens is 1. The quantitative estimate of drug-likeness (QED) is 0.378. The molecular weight excluding hydrogens is 542 g/mol. The predicted octanol–water partition coefficient (Wildman–Crippen LogP) is 5.94. The SMILES string of the molecule is CC1CCC(Cn2c(N3CCOCC3C=C3C=CC=CC3)nc3nc(-c4noc(=O)[nH]4)nc(C4CCCC(C)C4)c32)CC1. The van der Waals surface area contributed by atoms with E-state index in [1.54, 1.807) is 0 Å². The number of fused-ring (bicyclic) bond motifs is 1. The molecule has 1 aliphatic heterocycles. The summed E-state index contributed by atoms with van der Waals surface area (Å²) in [5.74, 6) is 3.25. The topological polar surface area (TPSA) is 115 Å². The second-order valence-corrected chi connectivity index (χ2v) is 13.2. The minimum Gasteiger partial charge on any atom is -0.377 e. The minimum absolute atomic E-state index is 0.0688. The Kier molecular flexibility index (Phi) is 8.03. The summed E-state index contributed by atoms with van der Waals surface area (Å²) in [5.41, 5.74) is 4.03. The molecule has 228 valence electrons. The van der Waals surface area contributed by atoms with Crippen LogP contribution < -0.4 is 10.7 Å². The number of ether oxygens (including phenoxy) is 1. The molecule has 4 heterocycles. The molecule has 43 heavy (non-hydrogen) atoms. The average molecular weight is 586 g/mol. The highest BCUT2D eigenvalue weighted by molar-refractivity contribution is 5.80. The van der Waals surface area contributed by atoms with Crippen molar-refractivity contribution < 1.29 is 9.26 Å². The van der Waals surface area contributed by atoms with Gasteiger partial charge in [0.15, 0.2) is 5.65 Å². The standard InChI is InChI=1S/C33H43N7O3/c1-21-11-13-24(14-12-21)19-40-28-27(25-10-6-7-22(2)17-25)34-30(31-37-33(41)43-38-31)35-29(28)36-32(40)39-15-16-42-20-26(39)18-23-8-4-3-5-9-23/h3-5,8,18,21-22,24-26H,6-7,9-17,19-20H2,1-2H3,(H,37,38,41). The molecule has 0 amide bonds. The second kappa shape index (κ2) is 12.2. The minimum atomic E-state index is -0.611. The Bertz CT molecular complexity index is 1590. The lowest BCUT2D eigenvalue weighted by molar-refractivity contribution is 0.104. The molecule has 10 heteroatoms. The van der Waals surface area contributed by atoms with Crippen molar-refractivity contribution in [3.8, 4) is 11.6 Å². The Hall–Kier alpha value is -3.53. The van der Waals surface area contributed by atoms with Crippen molar-refractivity contribution in [1.82, 2.24) is 29.7 Å². The number of nitrogens with zero attached hydrogens (tertiary/aromatic N) is 6. The van der Waals surface area contributed by atoms with Crippen LogP contribution in [0.2, 0.25) is 0 Å². The van der Waals surface area contributed by atoms with E-state index in [9.17, 15) is 4.79 Å². The van der Waals surface area contributed by atoms with Crippen LogP contribution in [0.4, 0.5) is 5.95 Å². The van der Waals surface area contributed by atoms with Gasteiger partial charge < -0.3 is 14.2 Å². The Morgan fingerprint density at radius 1 is 1.05 bits per heavy atom. The lowest BCUT2D eigenvalue weighted by Gasteiger charge is -2.36. The van der Waals surface area contributed by atoms with E-state index in [4.69, 9.17) is 24.2 Å². The van der Waals surface area contributed by atoms with Gasteiger partial charge in [-0.25, -0.2) is 14.8 Å². The number of aromatic nitrogens is 6. The maximum absolute atomic E-state index is 11.9. The number of aromatic amines is 1. The number of morpholine rings is 1. The Morgan fingerprint density at radius 3 is 2.70 bits per heavy atom. The van der Waals surface area contributed by atoms with E-state index < -0.39 is 5.76 Å². The first-order chi connectivity index (χ1) is 21.0. The molecule has 1 N–H and O–H groups in total. The van der Waals surface area contributed by atoms with Crippen LogP contribution in [-0.2, 0) is 11.3 Å². The second-order valence-electron chi connectivity index (χ2n) is 13.2. The summed E-state index contributed by atoms with van der Waals surface area (Å²) in [6.45, 7) is 7.65. The highest BCUT2D eigenvalue weighted by atomic mass is 16.5. The summed E-state index contributed by atoms with van der Waals surface area (Å²) in [7, 11) is 0. The zero-order chi connectivity index (χ0) is 29.3. The number of nitrogens with one attached hydrogen (secondary N) is 1. The van der Waals surface area contributed by atoms with E-state index in [-0.39, 0.29) is 11.9 Å². The van der Waals surface area contributed by atoms with Gasteiger partial charge in [-0.2, -0.15) is 4.98 Å². The van der Waals surface area contributed by atoms with Gasteiger partial charge in [0.1, 0.15) is 5.52 Å². The molecule has 3 aromatic heterocycles. The molecule has 3 atom stereocenters. The molecule has 1 saturated heterocycles. The van der Waals surface area contributed by atoms with Gasteiger partial charge in [0, 0.05) is 19.0 Å². The van der Waals surface area contributed by atoms with E-state index in [0.717, 1.165) is 55.4 Å². The van der Waals surface area contributed by atoms with E-state index in [2.05, 4.69) is 63.8 Å². The van der Waals surface area contributed by atoms with Crippen LogP contribution in [0.15, 0.2) is 45.3 Å². The number of allylic oxidation sites excluding steroid dienone is 5. The summed E-state index contributed by atoms with van der Waals surface area (Å²) < 4.78 is 13.3. The molecule has 3 unspecified atom stereocenters. The molecule has 7 rings (SSSR count). The van der Waals surface area contributed by atoms with Gasteiger partial charge in [-0.1, -0.05) is 75.1 Å². The number of rotatable bonds is 6. The van der Waals surface area contributed by atoms with Crippen molar-refractivity contribution in [1.29, 1.82) is 0 Å². The monoisotopic (exact) mass is 585 g/mol. The number of anilines is 1. The summed E-state index contributed by atoms with van der Waals surface area (Å²) in [5, 5.41) is 3.94. The summed E-state index contributed by atoms with van der Waals surface area (Å²) in [6.07, 6.45) is 21.4. The molecule has 3 aromatic rings. The molecule has 0 bridgehead atoms. The Labute approximate surface area is 252 Å². The molecule has 2 saturated carbocycles. The fraction of sp³-hybridized carbons (Fsp3) is 0.606. The zero-order valence-corrected chi connectivity index (χ0v) is 25.4. The van der Waals surface area contributed by atoms with Crippen LogP contribution in [0.1, 0.15) is 83.2 Å². The zero-order valence-electron chi connectivity index (χ0n) is 25.4. The largest absolute Gasteiger partial charge is 0.439 e. The third-order valence-electron chi connectivity index (χ3n) is 9.90. The van der Waals surface area contributed by atoms with Gasteiger partial charge in [0.2, 0.25) is 17.6 Å². The lowest BCUT2D eigenvalue weighted by atomic mass is 9.80.